The second-order valence-corrected chi connectivity index (χ2v) is 4.90. The average Bonchev–Trinajstić information content (AvgIpc) is 2.91. The standard InChI is InChI=1S/C16H15F2N/c17-12-6-7-15(18)14(10-12)16-13(8-9-19-16)11-4-2-1-3-5-11/h1-7,10,13,16,19H,8-9H2. The van der Waals surface area contributed by atoms with Crippen LogP contribution in [0.1, 0.15) is 29.5 Å². The summed E-state index contributed by atoms with van der Waals surface area (Å²) < 4.78 is 27.2. The molecule has 3 rings (SSSR count). The molecule has 0 radical (unpaired) electrons. The highest BCUT2D eigenvalue weighted by atomic mass is 19.1. The lowest BCUT2D eigenvalue weighted by molar-refractivity contribution is 0.516. The molecule has 2 atom stereocenters. The van der Waals surface area contributed by atoms with Crippen molar-refractivity contribution in [3.05, 3.63) is 71.3 Å². The maximum atomic E-state index is 13.9. The van der Waals surface area contributed by atoms with Gasteiger partial charge in [-0.2, -0.15) is 0 Å². The normalized spacial score (nSPS) is 22.6. The molecular weight excluding hydrogens is 244 g/mol. The van der Waals surface area contributed by atoms with Gasteiger partial charge in [0.25, 0.3) is 0 Å². The first kappa shape index (κ1) is 12.3. The average molecular weight is 259 g/mol. The van der Waals surface area contributed by atoms with Gasteiger partial charge in [-0.3, -0.25) is 0 Å². The monoisotopic (exact) mass is 259 g/mol. The Morgan fingerprint density at radius 1 is 1.00 bits per heavy atom. The van der Waals surface area contributed by atoms with E-state index in [0.29, 0.717) is 5.56 Å². The van der Waals surface area contributed by atoms with E-state index in [1.54, 1.807) is 0 Å². The summed E-state index contributed by atoms with van der Waals surface area (Å²) in [6.07, 6.45) is 0.935. The SMILES string of the molecule is Fc1ccc(F)c(C2NCCC2c2ccccc2)c1. The maximum Gasteiger partial charge on any atom is 0.128 e. The first-order chi connectivity index (χ1) is 9.25. The summed E-state index contributed by atoms with van der Waals surface area (Å²) in [5, 5.41) is 3.28. The van der Waals surface area contributed by atoms with Gasteiger partial charge in [0.2, 0.25) is 0 Å². The van der Waals surface area contributed by atoms with Gasteiger partial charge in [0.05, 0.1) is 0 Å². The molecule has 0 spiro atoms. The van der Waals surface area contributed by atoms with Crippen LogP contribution in [0.4, 0.5) is 8.78 Å². The molecular formula is C16H15F2N. The molecule has 1 aliphatic rings. The highest BCUT2D eigenvalue weighted by Crippen LogP contribution is 2.38. The lowest BCUT2D eigenvalue weighted by Gasteiger charge is -2.21. The number of hydrogen-bond acceptors (Lipinski definition) is 1. The first-order valence-corrected chi connectivity index (χ1v) is 6.49. The molecule has 2 unspecified atom stereocenters. The van der Waals surface area contributed by atoms with E-state index in [1.807, 2.05) is 30.3 Å². The number of rotatable bonds is 2. The molecule has 1 fully saturated rings. The van der Waals surface area contributed by atoms with Crippen LogP contribution in [0.5, 0.6) is 0 Å². The van der Waals surface area contributed by atoms with Crippen molar-refractivity contribution in [2.75, 3.05) is 6.54 Å². The third-order valence-corrected chi connectivity index (χ3v) is 3.74. The van der Waals surface area contributed by atoms with Crippen LogP contribution in [0.2, 0.25) is 0 Å². The minimum Gasteiger partial charge on any atom is -0.309 e. The van der Waals surface area contributed by atoms with Crippen LogP contribution in [0.15, 0.2) is 48.5 Å². The fraction of sp³-hybridized carbons (Fsp3) is 0.250. The zero-order valence-electron chi connectivity index (χ0n) is 10.4. The number of nitrogens with one attached hydrogen (secondary N) is 1. The van der Waals surface area contributed by atoms with Gasteiger partial charge in [0, 0.05) is 17.5 Å². The lowest BCUT2D eigenvalue weighted by Crippen LogP contribution is -2.18. The van der Waals surface area contributed by atoms with E-state index in [-0.39, 0.29) is 17.8 Å². The Kier molecular flexibility index (Phi) is 3.30. The van der Waals surface area contributed by atoms with Crippen molar-refractivity contribution in [1.82, 2.24) is 5.32 Å². The summed E-state index contributed by atoms with van der Waals surface area (Å²) >= 11 is 0. The molecule has 0 aliphatic carbocycles. The minimum atomic E-state index is -0.392. The molecule has 1 N–H and O–H groups in total. The van der Waals surface area contributed by atoms with Crippen LogP contribution < -0.4 is 5.32 Å². The van der Waals surface area contributed by atoms with Gasteiger partial charge < -0.3 is 5.32 Å². The summed E-state index contributed by atoms with van der Waals surface area (Å²) in [6, 6.07) is 13.5. The second kappa shape index (κ2) is 5.10. The van der Waals surface area contributed by atoms with Crippen molar-refractivity contribution >= 4 is 0 Å². The van der Waals surface area contributed by atoms with Crippen LogP contribution in [-0.4, -0.2) is 6.54 Å². The van der Waals surface area contributed by atoms with Gasteiger partial charge in [-0.05, 0) is 36.7 Å². The largest absolute Gasteiger partial charge is 0.309 e. The first-order valence-electron chi connectivity index (χ1n) is 6.49. The van der Waals surface area contributed by atoms with Crippen molar-refractivity contribution in [2.45, 2.75) is 18.4 Å². The number of halogens is 2. The molecule has 3 heteroatoms. The summed E-state index contributed by atoms with van der Waals surface area (Å²) in [6.45, 7) is 0.820. The van der Waals surface area contributed by atoms with Gasteiger partial charge in [-0.25, -0.2) is 8.78 Å². The molecule has 98 valence electrons. The van der Waals surface area contributed by atoms with E-state index in [1.165, 1.54) is 17.7 Å². The predicted molar refractivity (Wildman–Crippen MR) is 70.9 cm³/mol. The molecule has 1 heterocycles. The summed E-state index contributed by atoms with van der Waals surface area (Å²) in [5.74, 6) is -0.545. The molecule has 0 amide bonds. The third-order valence-electron chi connectivity index (χ3n) is 3.74. The van der Waals surface area contributed by atoms with E-state index >= 15 is 0 Å². The van der Waals surface area contributed by atoms with E-state index < -0.39 is 5.82 Å². The minimum absolute atomic E-state index is 0.155. The number of benzene rings is 2. The van der Waals surface area contributed by atoms with Crippen LogP contribution in [0.3, 0.4) is 0 Å². The van der Waals surface area contributed by atoms with Crippen molar-refractivity contribution in [3.63, 3.8) is 0 Å². The molecule has 0 saturated carbocycles. The zero-order valence-corrected chi connectivity index (χ0v) is 10.4. The van der Waals surface area contributed by atoms with Crippen LogP contribution in [0.25, 0.3) is 0 Å². The maximum absolute atomic E-state index is 13.9. The Morgan fingerprint density at radius 3 is 2.58 bits per heavy atom. The highest BCUT2D eigenvalue weighted by Gasteiger charge is 2.31. The van der Waals surface area contributed by atoms with E-state index in [4.69, 9.17) is 0 Å². The Bertz CT molecular complexity index is 568. The summed E-state index contributed by atoms with van der Waals surface area (Å²) in [5.41, 5.74) is 1.59. The second-order valence-electron chi connectivity index (χ2n) is 4.90. The molecule has 1 nitrogen and oxygen atoms in total. The van der Waals surface area contributed by atoms with Gasteiger partial charge in [-0.15, -0.1) is 0 Å². The van der Waals surface area contributed by atoms with Crippen molar-refractivity contribution in [1.29, 1.82) is 0 Å². The van der Waals surface area contributed by atoms with E-state index in [9.17, 15) is 8.78 Å². The quantitative estimate of drug-likeness (QED) is 0.865. The van der Waals surface area contributed by atoms with Gasteiger partial charge >= 0.3 is 0 Å². The molecule has 19 heavy (non-hydrogen) atoms. The topological polar surface area (TPSA) is 12.0 Å². The summed E-state index contributed by atoms with van der Waals surface area (Å²) in [4.78, 5) is 0. The summed E-state index contributed by atoms with van der Waals surface area (Å²) in [7, 11) is 0. The van der Waals surface area contributed by atoms with Gasteiger partial charge in [0.15, 0.2) is 0 Å². The number of hydrogen-bond donors (Lipinski definition) is 1. The lowest BCUT2D eigenvalue weighted by atomic mass is 9.88. The Balaban J connectivity index is 1.97. The molecule has 0 bridgehead atoms. The van der Waals surface area contributed by atoms with Crippen molar-refractivity contribution < 1.29 is 8.78 Å². The molecule has 1 aliphatic heterocycles. The fourth-order valence-electron chi connectivity index (χ4n) is 2.84. The van der Waals surface area contributed by atoms with Crippen LogP contribution in [-0.2, 0) is 0 Å². The molecule has 0 aromatic heterocycles. The van der Waals surface area contributed by atoms with E-state index in [0.717, 1.165) is 19.0 Å². The predicted octanol–water partition coefficient (Wildman–Crippen LogP) is 3.78. The van der Waals surface area contributed by atoms with Gasteiger partial charge in [-0.1, -0.05) is 30.3 Å². The molecule has 2 aromatic rings. The zero-order chi connectivity index (χ0) is 13.2. The van der Waals surface area contributed by atoms with Gasteiger partial charge in [0.1, 0.15) is 11.6 Å². The fourth-order valence-corrected chi connectivity index (χ4v) is 2.84. The van der Waals surface area contributed by atoms with Crippen molar-refractivity contribution in [2.24, 2.45) is 0 Å². The van der Waals surface area contributed by atoms with Crippen LogP contribution in [0, 0.1) is 11.6 Å². The molecule has 1 saturated heterocycles. The smallest absolute Gasteiger partial charge is 0.128 e. The van der Waals surface area contributed by atoms with Crippen molar-refractivity contribution in [3.8, 4) is 0 Å². The Labute approximate surface area is 111 Å². The Hall–Kier alpha value is -1.74. The third kappa shape index (κ3) is 2.38. The highest BCUT2D eigenvalue weighted by molar-refractivity contribution is 5.31. The molecule has 2 aromatic carbocycles. The van der Waals surface area contributed by atoms with Crippen LogP contribution >= 0.6 is 0 Å². The van der Waals surface area contributed by atoms with E-state index in [2.05, 4.69) is 5.32 Å². The Morgan fingerprint density at radius 2 is 1.79 bits per heavy atom.